The Kier molecular flexibility index (Phi) is 9.83. The Hall–Kier alpha value is -0.730. The fourth-order valence-corrected chi connectivity index (χ4v) is 3.83. The zero-order valence-electron chi connectivity index (χ0n) is 18.7. The lowest BCUT2D eigenvalue weighted by Crippen LogP contribution is -2.35. The van der Waals surface area contributed by atoms with E-state index >= 15 is 0 Å². The van der Waals surface area contributed by atoms with E-state index in [1.54, 1.807) is 0 Å². The van der Waals surface area contributed by atoms with Crippen LogP contribution in [0.25, 0.3) is 0 Å². The molecule has 0 radical (unpaired) electrons. The van der Waals surface area contributed by atoms with Crippen LogP contribution in [0.2, 0.25) is 0 Å². The normalized spacial score (nSPS) is 22.6. The van der Waals surface area contributed by atoms with Crippen LogP contribution in [0.15, 0.2) is 0 Å². The molecule has 2 atom stereocenters. The van der Waals surface area contributed by atoms with Crippen LogP contribution in [0, 0.1) is 11.8 Å². The van der Waals surface area contributed by atoms with Gasteiger partial charge in [-0.25, -0.2) is 9.59 Å². The average Bonchev–Trinajstić information content (AvgIpc) is 3.21. The predicted octanol–water partition coefficient (Wildman–Crippen LogP) is 5.33. The summed E-state index contributed by atoms with van der Waals surface area (Å²) in [7, 11) is 0. The molecule has 0 bridgehead atoms. The summed E-state index contributed by atoms with van der Waals surface area (Å²) in [6.07, 6.45) is 3.07. The van der Waals surface area contributed by atoms with Crippen LogP contribution in [0.4, 0.5) is 9.59 Å². The van der Waals surface area contributed by atoms with Crippen LogP contribution in [0.5, 0.6) is 0 Å². The van der Waals surface area contributed by atoms with Crippen molar-refractivity contribution in [3.8, 4) is 0 Å². The smallest absolute Gasteiger partial charge is 0.410 e. The van der Waals surface area contributed by atoms with Gasteiger partial charge < -0.3 is 19.3 Å². The summed E-state index contributed by atoms with van der Waals surface area (Å²) in [6, 6.07) is 0. The largest absolute Gasteiger partial charge is 0.444 e. The molecule has 2 aliphatic rings. The maximum atomic E-state index is 11.6. The minimum atomic E-state index is -0.376. The van der Waals surface area contributed by atoms with Crippen molar-refractivity contribution in [1.29, 1.82) is 0 Å². The molecule has 2 fully saturated rings. The Labute approximate surface area is 184 Å². The molecule has 0 spiro atoms. The molecular formula is C21H39IN2O4. The lowest BCUT2D eigenvalue weighted by atomic mass is 10.1. The molecule has 2 aliphatic heterocycles. The summed E-state index contributed by atoms with van der Waals surface area (Å²) >= 11 is 2.37. The van der Waals surface area contributed by atoms with E-state index in [1.807, 2.05) is 51.3 Å². The van der Waals surface area contributed by atoms with E-state index in [1.165, 1.54) is 0 Å². The van der Waals surface area contributed by atoms with Crippen molar-refractivity contribution in [1.82, 2.24) is 9.80 Å². The zero-order chi connectivity index (χ0) is 21.5. The van der Waals surface area contributed by atoms with Gasteiger partial charge in [0, 0.05) is 30.6 Å². The molecule has 7 heteroatoms. The van der Waals surface area contributed by atoms with Gasteiger partial charge in [0.15, 0.2) is 0 Å². The first-order valence-electron chi connectivity index (χ1n) is 10.4. The van der Waals surface area contributed by atoms with Gasteiger partial charge in [-0.2, -0.15) is 0 Å². The van der Waals surface area contributed by atoms with Crippen LogP contribution in [0.1, 0.15) is 67.7 Å². The van der Waals surface area contributed by atoms with E-state index in [0.717, 1.165) is 49.9 Å². The lowest BCUT2D eigenvalue weighted by Gasteiger charge is -2.24. The fourth-order valence-electron chi connectivity index (χ4n) is 3.11. The molecule has 0 aromatic rings. The van der Waals surface area contributed by atoms with Gasteiger partial charge in [-0.05, 0) is 66.2 Å². The van der Waals surface area contributed by atoms with E-state index in [4.69, 9.17) is 9.47 Å². The average molecular weight is 510 g/mol. The zero-order valence-corrected chi connectivity index (χ0v) is 20.9. The van der Waals surface area contributed by atoms with Gasteiger partial charge in [0.1, 0.15) is 11.2 Å². The molecule has 28 heavy (non-hydrogen) atoms. The number of hydrogen-bond acceptors (Lipinski definition) is 4. The van der Waals surface area contributed by atoms with Crippen LogP contribution in [-0.4, -0.2) is 63.8 Å². The van der Waals surface area contributed by atoms with Gasteiger partial charge in [-0.3, -0.25) is 0 Å². The van der Waals surface area contributed by atoms with E-state index in [-0.39, 0.29) is 23.4 Å². The SMILES string of the molecule is CC(C)(C)OC(=O)N1CC[C@@H](CI)C1.CC[C@@H]1CCN(C(=O)OC(C)(C)C)C1. The van der Waals surface area contributed by atoms with Crippen molar-refractivity contribution in [2.45, 2.75) is 78.9 Å². The summed E-state index contributed by atoms with van der Waals surface area (Å²) in [5.74, 6) is 1.32. The molecule has 0 saturated carbocycles. The van der Waals surface area contributed by atoms with E-state index in [9.17, 15) is 9.59 Å². The van der Waals surface area contributed by atoms with Gasteiger partial charge in [0.05, 0.1) is 0 Å². The van der Waals surface area contributed by atoms with Crippen molar-refractivity contribution >= 4 is 34.8 Å². The standard InChI is InChI=1S/C11H21NO2.C10H18INO2/c1-5-9-6-7-12(8-9)10(13)14-11(2,3)4;1-10(2,3)14-9(13)12-5-4-8(6-11)7-12/h9H,5-8H2,1-4H3;8H,4-7H2,1-3H3/t9-;8-/m10/s1. The van der Waals surface area contributed by atoms with Crippen molar-refractivity contribution in [3.05, 3.63) is 0 Å². The second kappa shape index (κ2) is 10.9. The Bertz CT molecular complexity index is 468. The van der Waals surface area contributed by atoms with Crippen LogP contribution in [-0.2, 0) is 9.47 Å². The molecule has 0 aromatic heterocycles. The summed E-state index contributed by atoms with van der Waals surface area (Å²) < 4.78 is 11.7. The number of alkyl halides is 1. The maximum Gasteiger partial charge on any atom is 0.410 e. The first kappa shape index (κ1) is 25.3. The van der Waals surface area contributed by atoms with Crippen LogP contribution >= 0.6 is 22.6 Å². The molecule has 2 heterocycles. The molecule has 0 unspecified atom stereocenters. The second-order valence-corrected chi connectivity index (χ2v) is 10.6. The summed E-state index contributed by atoms with van der Waals surface area (Å²) in [5.41, 5.74) is -0.749. The minimum absolute atomic E-state index is 0.159. The molecule has 6 nitrogen and oxygen atoms in total. The predicted molar refractivity (Wildman–Crippen MR) is 121 cm³/mol. The minimum Gasteiger partial charge on any atom is -0.444 e. The highest BCUT2D eigenvalue weighted by Crippen LogP contribution is 2.22. The van der Waals surface area contributed by atoms with Gasteiger partial charge in [0.25, 0.3) is 0 Å². The molecule has 0 aliphatic carbocycles. The van der Waals surface area contributed by atoms with Gasteiger partial charge in [-0.1, -0.05) is 35.9 Å². The second-order valence-electron chi connectivity index (χ2n) is 9.72. The highest BCUT2D eigenvalue weighted by molar-refractivity contribution is 14.1. The van der Waals surface area contributed by atoms with Gasteiger partial charge in [0.2, 0.25) is 0 Å². The molecule has 2 saturated heterocycles. The third kappa shape index (κ3) is 9.65. The maximum absolute atomic E-state index is 11.6. The van der Waals surface area contributed by atoms with Crippen molar-refractivity contribution < 1.29 is 19.1 Å². The quantitative estimate of drug-likeness (QED) is 0.372. The number of hydrogen-bond donors (Lipinski definition) is 0. The molecule has 0 aromatic carbocycles. The summed E-state index contributed by atoms with van der Waals surface area (Å²) in [5, 5.41) is 0. The topological polar surface area (TPSA) is 59.1 Å². The number of rotatable bonds is 2. The number of carbonyl (C=O) groups excluding carboxylic acids is 2. The highest BCUT2D eigenvalue weighted by Gasteiger charge is 2.29. The van der Waals surface area contributed by atoms with Gasteiger partial charge >= 0.3 is 12.2 Å². The monoisotopic (exact) mass is 510 g/mol. The van der Waals surface area contributed by atoms with E-state index in [0.29, 0.717) is 11.8 Å². The number of ether oxygens (including phenoxy) is 2. The summed E-state index contributed by atoms with van der Waals surface area (Å²) in [6.45, 7) is 17.0. The third-order valence-electron chi connectivity index (χ3n) is 4.67. The summed E-state index contributed by atoms with van der Waals surface area (Å²) in [4.78, 5) is 26.9. The molecule has 2 amide bonds. The number of amides is 2. The highest BCUT2D eigenvalue weighted by atomic mass is 127. The Morgan fingerprint density at radius 3 is 1.54 bits per heavy atom. The molecule has 164 valence electrons. The number of carbonyl (C=O) groups is 2. The molecule has 2 rings (SSSR count). The van der Waals surface area contributed by atoms with Crippen molar-refractivity contribution in [3.63, 3.8) is 0 Å². The first-order chi connectivity index (χ1) is 12.8. The number of halogens is 1. The molecule has 0 N–H and O–H groups in total. The van der Waals surface area contributed by atoms with E-state index in [2.05, 4.69) is 29.5 Å². The Morgan fingerprint density at radius 2 is 1.25 bits per heavy atom. The van der Waals surface area contributed by atoms with Crippen molar-refractivity contribution in [2.24, 2.45) is 11.8 Å². The van der Waals surface area contributed by atoms with Crippen molar-refractivity contribution in [2.75, 3.05) is 30.6 Å². The first-order valence-corrected chi connectivity index (χ1v) is 11.9. The van der Waals surface area contributed by atoms with Crippen LogP contribution < -0.4 is 0 Å². The lowest BCUT2D eigenvalue weighted by molar-refractivity contribution is 0.0278. The van der Waals surface area contributed by atoms with Crippen LogP contribution in [0.3, 0.4) is 0 Å². The Morgan fingerprint density at radius 1 is 0.857 bits per heavy atom. The van der Waals surface area contributed by atoms with E-state index < -0.39 is 0 Å². The van der Waals surface area contributed by atoms with Gasteiger partial charge in [-0.15, -0.1) is 0 Å². The molecular weight excluding hydrogens is 471 g/mol. The number of likely N-dealkylation sites (tertiary alicyclic amines) is 2. The Balaban J connectivity index is 0.000000280. The third-order valence-corrected chi connectivity index (χ3v) is 5.92. The fraction of sp³-hybridized carbons (Fsp3) is 0.905. The number of nitrogens with zero attached hydrogens (tertiary/aromatic N) is 2.